The topological polar surface area (TPSA) is 29.0 Å². The predicted octanol–water partition coefficient (Wildman–Crippen LogP) is 4.19. The van der Waals surface area contributed by atoms with Gasteiger partial charge in [0.1, 0.15) is 11.6 Å². The van der Waals surface area contributed by atoms with Gasteiger partial charge >= 0.3 is 0 Å². The van der Waals surface area contributed by atoms with Crippen LogP contribution in [0.2, 0.25) is 0 Å². The summed E-state index contributed by atoms with van der Waals surface area (Å²) < 4.78 is 0. The van der Waals surface area contributed by atoms with Gasteiger partial charge in [0.25, 0.3) is 0 Å². The van der Waals surface area contributed by atoms with E-state index in [0.29, 0.717) is 11.8 Å². The van der Waals surface area contributed by atoms with E-state index >= 15 is 0 Å². The van der Waals surface area contributed by atoms with Gasteiger partial charge in [-0.2, -0.15) is 0 Å². The Kier molecular flexibility index (Phi) is 3.93. The molecule has 0 radical (unpaired) electrons. The third-order valence-corrected chi connectivity index (χ3v) is 5.51. The van der Waals surface area contributed by atoms with Crippen LogP contribution in [0.5, 0.6) is 0 Å². The maximum Gasteiger partial charge on any atom is 0.146 e. The Morgan fingerprint density at radius 1 is 1.10 bits per heavy atom. The van der Waals surface area contributed by atoms with E-state index in [0.717, 1.165) is 17.6 Å². The van der Waals surface area contributed by atoms with Crippen LogP contribution in [0, 0.1) is 0 Å². The second-order valence-electron chi connectivity index (χ2n) is 6.61. The number of nitrogens with zero attached hydrogens (tertiary/aromatic N) is 3. The van der Waals surface area contributed by atoms with E-state index < -0.39 is 0 Å². The standard InChI is InChI=1S/C16H25N3S/c1-10(2)13-14-16(18-15(17-13)11(3)4)19-8-6-5-7-12(9-19)20-14/h10-12H,5-9H2,1-4H3. The largest absolute Gasteiger partial charge is 0.354 e. The first-order valence-corrected chi connectivity index (χ1v) is 8.77. The number of aromatic nitrogens is 2. The lowest BCUT2D eigenvalue weighted by Gasteiger charge is -2.34. The Labute approximate surface area is 126 Å². The molecule has 0 spiro atoms. The maximum atomic E-state index is 4.91. The first-order valence-electron chi connectivity index (χ1n) is 7.89. The normalized spacial score (nSPS) is 22.1. The molecular formula is C16H25N3S. The summed E-state index contributed by atoms with van der Waals surface area (Å²) in [6, 6.07) is 0. The minimum absolute atomic E-state index is 0.396. The molecule has 3 heterocycles. The SMILES string of the molecule is CC(C)c1nc(C(C)C)c2c(n1)N1CCCCC(C1)S2. The van der Waals surface area contributed by atoms with E-state index in [4.69, 9.17) is 9.97 Å². The van der Waals surface area contributed by atoms with E-state index in [1.807, 2.05) is 11.8 Å². The Morgan fingerprint density at radius 2 is 1.90 bits per heavy atom. The third kappa shape index (κ3) is 2.54. The Morgan fingerprint density at radius 3 is 2.60 bits per heavy atom. The molecule has 1 atom stereocenters. The van der Waals surface area contributed by atoms with Crippen molar-refractivity contribution in [2.45, 2.75) is 68.9 Å². The van der Waals surface area contributed by atoms with Gasteiger partial charge in [-0.25, -0.2) is 9.97 Å². The fraction of sp³-hybridized carbons (Fsp3) is 0.750. The second-order valence-corrected chi connectivity index (χ2v) is 7.92. The van der Waals surface area contributed by atoms with Gasteiger partial charge in [-0.3, -0.25) is 0 Å². The van der Waals surface area contributed by atoms with Crippen LogP contribution in [0.15, 0.2) is 4.90 Å². The minimum Gasteiger partial charge on any atom is -0.354 e. The van der Waals surface area contributed by atoms with Crippen molar-refractivity contribution in [3.05, 3.63) is 11.5 Å². The highest BCUT2D eigenvalue weighted by Crippen LogP contribution is 2.44. The summed E-state index contributed by atoms with van der Waals surface area (Å²) in [4.78, 5) is 13.7. The monoisotopic (exact) mass is 291 g/mol. The van der Waals surface area contributed by atoms with Crippen molar-refractivity contribution in [3.8, 4) is 0 Å². The molecule has 0 amide bonds. The lowest BCUT2D eigenvalue weighted by Crippen LogP contribution is -2.35. The van der Waals surface area contributed by atoms with Crippen molar-refractivity contribution in [2.75, 3.05) is 18.0 Å². The summed E-state index contributed by atoms with van der Waals surface area (Å²) >= 11 is 2.03. The summed E-state index contributed by atoms with van der Waals surface area (Å²) in [6.45, 7) is 11.2. The van der Waals surface area contributed by atoms with Gasteiger partial charge in [-0.15, -0.1) is 11.8 Å². The summed E-state index contributed by atoms with van der Waals surface area (Å²) in [5.74, 6) is 3.09. The number of anilines is 1. The van der Waals surface area contributed by atoms with Crippen LogP contribution in [0.3, 0.4) is 0 Å². The van der Waals surface area contributed by atoms with Crippen LogP contribution in [0.4, 0.5) is 5.82 Å². The highest BCUT2D eigenvalue weighted by Gasteiger charge is 2.32. The maximum absolute atomic E-state index is 4.91. The molecule has 4 heteroatoms. The zero-order valence-electron chi connectivity index (χ0n) is 13.0. The molecule has 0 aliphatic carbocycles. The average Bonchev–Trinajstić information content (AvgIpc) is 2.60. The summed E-state index contributed by atoms with van der Waals surface area (Å²) in [5.41, 5.74) is 1.26. The van der Waals surface area contributed by atoms with Crippen LogP contribution in [-0.4, -0.2) is 28.3 Å². The van der Waals surface area contributed by atoms with E-state index in [-0.39, 0.29) is 0 Å². The molecule has 0 N–H and O–H groups in total. The fourth-order valence-corrected chi connectivity index (χ4v) is 4.56. The van der Waals surface area contributed by atoms with Gasteiger partial charge in [-0.1, -0.05) is 34.1 Å². The summed E-state index contributed by atoms with van der Waals surface area (Å²) in [7, 11) is 0. The molecule has 1 aromatic rings. The van der Waals surface area contributed by atoms with Crippen molar-refractivity contribution >= 4 is 17.6 Å². The molecule has 0 saturated carbocycles. The lowest BCUT2D eigenvalue weighted by atomic mass is 10.1. The Hall–Kier alpha value is -0.770. The van der Waals surface area contributed by atoms with Gasteiger partial charge in [0.2, 0.25) is 0 Å². The van der Waals surface area contributed by atoms with E-state index in [1.165, 1.54) is 42.2 Å². The molecule has 110 valence electrons. The smallest absolute Gasteiger partial charge is 0.146 e. The second kappa shape index (κ2) is 5.55. The molecule has 1 aromatic heterocycles. The zero-order valence-corrected chi connectivity index (χ0v) is 13.8. The lowest BCUT2D eigenvalue weighted by molar-refractivity contribution is 0.678. The van der Waals surface area contributed by atoms with Crippen molar-refractivity contribution < 1.29 is 0 Å². The van der Waals surface area contributed by atoms with Crippen LogP contribution >= 0.6 is 11.8 Å². The quantitative estimate of drug-likeness (QED) is 0.817. The number of hydrogen-bond acceptors (Lipinski definition) is 4. The van der Waals surface area contributed by atoms with Crippen LogP contribution < -0.4 is 4.90 Å². The summed E-state index contributed by atoms with van der Waals surface area (Å²) in [6.07, 6.45) is 3.99. The van der Waals surface area contributed by atoms with E-state index in [1.54, 1.807) is 0 Å². The fourth-order valence-electron chi connectivity index (χ4n) is 3.01. The minimum atomic E-state index is 0.396. The highest BCUT2D eigenvalue weighted by atomic mass is 32.2. The molecule has 2 aliphatic heterocycles. The molecule has 1 unspecified atom stereocenters. The summed E-state index contributed by atoms with van der Waals surface area (Å²) in [5, 5.41) is 0.732. The first-order chi connectivity index (χ1) is 9.56. The van der Waals surface area contributed by atoms with Gasteiger partial charge in [0.05, 0.1) is 10.6 Å². The molecule has 0 aromatic carbocycles. The molecule has 2 bridgehead atoms. The zero-order chi connectivity index (χ0) is 14.3. The average molecular weight is 291 g/mol. The molecule has 3 nitrogen and oxygen atoms in total. The molecule has 3 rings (SSSR count). The van der Waals surface area contributed by atoms with Crippen molar-refractivity contribution in [3.63, 3.8) is 0 Å². The first kappa shape index (κ1) is 14.2. The van der Waals surface area contributed by atoms with Crippen molar-refractivity contribution in [2.24, 2.45) is 0 Å². The molecular weight excluding hydrogens is 266 g/mol. The van der Waals surface area contributed by atoms with Gasteiger partial charge in [0, 0.05) is 24.3 Å². The van der Waals surface area contributed by atoms with Gasteiger partial charge in [0.15, 0.2) is 0 Å². The Bertz CT molecular complexity index is 499. The number of fused-ring (bicyclic) bond motifs is 4. The molecule has 1 fully saturated rings. The van der Waals surface area contributed by atoms with E-state index in [9.17, 15) is 0 Å². The van der Waals surface area contributed by atoms with Crippen LogP contribution in [0.25, 0.3) is 0 Å². The van der Waals surface area contributed by atoms with Gasteiger partial charge < -0.3 is 4.90 Å². The molecule has 20 heavy (non-hydrogen) atoms. The van der Waals surface area contributed by atoms with Crippen LogP contribution in [0.1, 0.15) is 70.3 Å². The van der Waals surface area contributed by atoms with E-state index in [2.05, 4.69) is 32.6 Å². The third-order valence-electron chi connectivity index (χ3n) is 4.17. The number of rotatable bonds is 2. The van der Waals surface area contributed by atoms with Crippen LogP contribution in [-0.2, 0) is 0 Å². The number of hydrogen-bond donors (Lipinski definition) is 0. The van der Waals surface area contributed by atoms with Gasteiger partial charge in [-0.05, 0) is 18.8 Å². The molecule has 1 saturated heterocycles. The molecule has 2 aliphatic rings. The Balaban J connectivity index is 2.11. The van der Waals surface area contributed by atoms with Crippen molar-refractivity contribution in [1.29, 1.82) is 0 Å². The predicted molar refractivity (Wildman–Crippen MR) is 85.9 cm³/mol. The highest BCUT2D eigenvalue weighted by molar-refractivity contribution is 8.00. The number of thioether (sulfide) groups is 1. The van der Waals surface area contributed by atoms with Crippen molar-refractivity contribution in [1.82, 2.24) is 9.97 Å².